The summed E-state index contributed by atoms with van der Waals surface area (Å²) in [5.41, 5.74) is 0.177. The summed E-state index contributed by atoms with van der Waals surface area (Å²) in [7, 11) is 0. The number of aromatic nitrogens is 3. The molecule has 0 spiro atoms. The van der Waals surface area contributed by atoms with Crippen LogP contribution in [-0.2, 0) is 0 Å². The van der Waals surface area contributed by atoms with Crippen LogP contribution in [0.25, 0.3) is 0 Å². The van der Waals surface area contributed by atoms with Crippen LogP contribution in [0.4, 0.5) is 49.6 Å². The van der Waals surface area contributed by atoms with Gasteiger partial charge in [0, 0.05) is 23.9 Å². The lowest BCUT2D eigenvalue weighted by Crippen LogP contribution is -2.99. The Labute approximate surface area is 165 Å². The number of nitrogens with zero attached hydrogens (tertiary/aromatic N) is 3. The molecule has 0 bridgehead atoms. The predicted molar refractivity (Wildman–Crippen MR) is 90.6 cm³/mol. The minimum absolute atomic E-state index is 0.0411. The average Bonchev–Trinajstić information content (AvgIpc) is 2.57. The molecule has 0 fully saturated rings. The molecule has 0 saturated carbocycles. The van der Waals surface area contributed by atoms with E-state index in [1.807, 2.05) is 0 Å². The zero-order chi connectivity index (χ0) is 22.7. The Hall–Kier alpha value is -2.91. The van der Waals surface area contributed by atoms with Crippen LogP contribution in [0, 0.1) is 5.21 Å². The highest BCUT2D eigenvalue weighted by Gasteiger charge is 2.59. The van der Waals surface area contributed by atoms with E-state index < -0.39 is 35.6 Å². The summed E-state index contributed by atoms with van der Waals surface area (Å²) >= 11 is 0. The summed E-state index contributed by atoms with van der Waals surface area (Å²) in [5.74, 6) is -0.753. The summed E-state index contributed by atoms with van der Waals surface area (Å²) in [6.45, 7) is 3.27. The Morgan fingerprint density at radius 3 is 1.97 bits per heavy atom. The third-order valence-electron chi connectivity index (χ3n) is 3.24. The van der Waals surface area contributed by atoms with Gasteiger partial charge in [-0.25, -0.2) is 5.21 Å². The van der Waals surface area contributed by atoms with Crippen LogP contribution >= 0.6 is 0 Å². The second-order valence-electron chi connectivity index (χ2n) is 6.15. The van der Waals surface area contributed by atoms with Crippen molar-refractivity contribution < 1.29 is 41.5 Å². The van der Waals surface area contributed by atoms with Crippen molar-refractivity contribution in [3.63, 3.8) is 0 Å². The topological polar surface area (TPSA) is 120 Å². The van der Waals surface area contributed by atoms with Gasteiger partial charge in [0.25, 0.3) is 6.10 Å². The molecule has 2 rings (SSSR count). The summed E-state index contributed by atoms with van der Waals surface area (Å²) in [4.78, 5) is 10.7. The Balaban J connectivity index is 2.36. The number of ether oxygens (including phenoxy) is 1. The van der Waals surface area contributed by atoms with Crippen LogP contribution in [0.15, 0.2) is 24.3 Å². The molecule has 9 nitrogen and oxygen atoms in total. The largest absolute Gasteiger partial charge is 0.595 e. The van der Waals surface area contributed by atoms with E-state index in [2.05, 4.69) is 30.3 Å². The van der Waals surface area contributed by atoms with Crippen molar-refractivity contribution in [2.75, 3.05) is 10.6 Å². The number of benzene rings is 1. The number of nitrogens with one attached hydrogen (secondary N) is 3. The number of quaternary nitrogens is 1. The molecular weight excluding hydrogens is 426 g/mol. The lowest BCUT2D eigenvalue weighted by molar-refractivity contribution is -0.991. The lowest BCUT2D eigenvalue weighted by Gasteiger charge is -2.23. The van der Waals surface area contributed by atoms with Crippen molar-refractivity contribution in [1.29, 1.82) is 0 Å². The molecule has 15 heteroatoms. The second kappa shape index (κ2) is 8.85. The molecule has 30 heavy (non-hydrogen) atoms. The van der Waals surface area contributed by atoms with Gasteiger partial charge in [-0.05, 0) is 26.0 Å². The van der Waals surface area contributed by atoms with E-state index in [9.17, 15) is 31.5 Å². The van der Waals surface area contributed by atoms with Gasteiger partial charge in [-0.2, -0.15) is 46.5 Å². The summed E-state index contributed by atoms with van der Waals surface area (Å²) in [5, 5.41) is 23.7. The Morgan fingerprint density at radius 1 is 0.967 bits per heavy atom. The normalized spacial score (nSPS) is 13.5. The van der Waals surface area contributed by atoms with Crippen molar-refractivity contribution >= 4 is 23.3 Å². The van der Waals surface area contributed by atoms with Gasteiger partial charge in [-0.15, -0.1) is 0 Å². The van der Waals surface area contributed by atoms with Gasteiger partial charge in [0.1, 0.15) is 0 Å². The van der Waals surface area contributed by atoms with Gasteiger partial charge >= 0.3 is 18.4 Å². The molecule has 2 aromatic rings. The van der Waals surface area contributed by atoms with Crippen molar-refractivity contribution in [3.8, 4) is 6.01 Å². The van der Waals surface area contributed by atoms with Crippen LogP contribution in [0.5, 0.6) is 6.01 Å². The number of anilines is 3. The van der Waals surface area contributed by atoms with Gasteiger partial charge in [-0.3, -0.25) is 0 Å². The summed E-state index contributed by atoms with van der Waals surface area (Å²) < 4.78 is 80.6. The van der Waals surface area contributed by atoms with Gasteiger partial charge in [0.2, 0.25) is 11.9 Å². The zero-order valence-corrected chi connectivity index (χ0v) is 15.3. The maximum absolute atomic E-state index is 12.8. The van der Waals surface area contributed by atoms with Crippen LogP contribution in [0.3, 0.4) is 0 Å². The summed E-state index contributed by atoms with van der Waals surface area (Å²) in [6.07, 6.45) is -15.6. The minimum atomic E-state index is -5.75. The maximum atomic E-state index is 12.8. The first-order valence-corrected chi connectivity index (χ1v) is 8.19. The molecule has 0 radical (unpaired) electrons. The van der Waals surface area contributed by atoms with E-state index >= 15 is 0 Å². The Morgan fingerprint density at radius 2 is 1.50 bits per heavy atom. The van der Waals surface area contributed by atoms with Gasteiger partial charge in [-0.1, -0.05) is 0 Å². The lowest BCUT2D eigenvalue weighted by atomic mass is 10.3. The Bertz CT molecular complexity index is 830. The van der Waals surface area contributed by atoms with Gasteiger partial charge < -0.3 is 20.6 Å². The molecule has 1 atom stereocenters. The second-order valence-corrected chi connectivity index (χ2v) is 6.15. The van der Waals surface area contributed by atoms with Crippen molar-refractivity contribution in [2.45, 2.75) is 38.3 Å². The number of rotatable bonds is 7. The van der Waals surface area contributed by atoms with Crippen LogP contribution in [0.2, 0.25) is 0 Å². The van der Waals surface area contributed by atoms with Crippen LogP contribution in [-0.4, -0.2) is 44.7 Å². The number of alkyl halides is 6. The van der Waals surface area contributed by atoms with E-state index in [4.69, 9.17) is 5.21 Å². The minimum Gasteiger partial charge on any atom is -0.595 e. The molecule has 1 aromatic carbocycles. The van der Waals surface area contributed by atoms with E-state index in [-0.39, 0.29) is 23.4 Å². The van der Waals surface area contributed by atoms with Crippen LogP contribution in [0.1, 0.15) is 13.8 Å². The van der Waals surface area contributed by atoms with E-state index in [0.717, 1.165) is 0 Å². The molecule has 1 unspecified atom stereocenters. The molecule has 0 aliphatic carbocycles. The molecule has 0 amide bonds. The predicted octanol–water partition coefficient (Wildman–Crippen LogP) is 2.71. The molecule has 0 saturated heterocycles. The smallest absolute Gasteiger partial charge is 0.434 e. The van der Waals surface area contributed by atoms with E-state index in [1.165, 1.54) is 24.3 Å². The highest BCUT2D eigenvalue weighted by molar-refractivity contribution is 5.56. The van der Waals surface area contributed by atoms with E-state index in [0.29, 0.717) is 0 Å². The summed E-state index contributed by atoms with van der Waals surface area (Å²) in [6, 6.07) is 3.52. The molecular formula is C15H16F6N6O3. The quantitative estimate of drug-likeness (QED) is 0.382. The molecule has 166 valence electrons. The fourth-order valence-electron chi connectivity index (χ4n) is 2.04. The van der Waals surface area contributed by atoms with Crippen molar-refractivity contribution in [1.82, 2.24) is 15.0 Å². The van der Waals surface area contributed by atoms with E-state index in [1.54, 1.807) is 13.8 Å². The SMILES string of the molecule is CC(C)Nc1nc(Nc2ccc([NH+]([O-])O)cc2)nc(OC(C(F)(F)F)C(F)(F)F)n1. The zero-order valence-electron chi connectivity index (χ0n) is 15.3. The highest BCUT2D eigenvalue weighted by atomic mass is 19.4. The van der Waals surface area contributed by atoms with Crippen LogP contribution < -0.4 is 20.6 Å². The third kappa shape index (κ3) is 6.57. The number of halogens is 6. The molecule has 1 heterocycles. The maximum Gasteiger partial charge on any atom is 0.434 e. The van der Waals surface area contributed by atoms with Gasteiger partial charge in [0.15, 0.2) is 5.69 Å². The molecule has 0 aliphatic heterocycles. The average molecular weight is 442 g/mol. The molecule has 4 N–H and O–H groups in total. The van der Waals surface area contributed by atoms with Crippen molar-refractivity contribution in [2.24, 2.45) is 0 Å². The van der Waals surface area contributed by atoms with Crippen molar-refractivity contribution in [3.05, 3.63) is 29.5 Å². The Kier molecular flexibility index (Phi) is 6.89. The third-order valence-corrected chi connectivity index (χ3v) is 3.24. The van der Waals surface area contributed by atoms with Gasteiger partial charge in [0.05, 0.1) is 0 Å². The molecule has 0 aliphatic rings. The standard InChI is InChI=1S/C15H16F6N6O3/c1-7(2)22-11-24-12(23-8-3-5-9(6-4-8)27(28)29)26-13(25-11)30-10(14(16,17)18)15(19,20)21/h3-7,10,27-28H,1-2H3,(H2,22,23,24,25,26). The molecule has 1 aromatic heterocycles. The first kappa shape index (κ1) is 23.4. The first-order chi connectivity index (χ1) is 13.8. The fraction of sp³-hybridized carbons (Fsp3) is 0.400. The fourth-order valence-corrected chi connectivity index (χ4v) is 2.04. The first-order valence-electron chi connectivity index (χ1n) is 8.19. The monoisotopic (exact) mass is 442 g/mol. The number of hydrogen-bond acceptors (Lipinski definition) is 8. The number of hydrogen-bond donors (Lipinski definition) is 4. The highest BCUT2D eigenvalue weighted by Crippen LogP contribution is 2.36.